The Hall–Kier alpha value is -1.27. The van der Waals surface area contributed by atoms with Crippen molar-refractivity contribution in [3.63, 3.8) is 0 Å². The molecule has 1 N–H and O–H groups in total. The third-order valence-corrected chi connectivity index (χ3v) is 5.52. The van der Waals surface area contributed by atoms with Crippen LogP contribution in [-0.2, 0) is 14.3 Å². The molecular formula is C21H31ClFNO3S. The maximum absolute atomic E-state index is 14.2. The Labute approximate surface area is 176 Å². The summed E-state index contributed by atoms with van der Waals surface area (Å²) < 4.78 is 19.7. The van der Waals surface area contributed by atoms with Gasteiger partial charge < -0.3 is 10.1 Å². The lowest BCUT2D eigenvalue weighted by Crippen LogP contribution is -2.30. The average Bonchev–Trinajstić information content (AvgIpc) is 2.57. The molecule has 0 aliphatic heterocycles. The van der Waals surface area contributed by atoms with Crippen molar-refractivity contribution < 1.29 is 18.7 Å². The molecule has 0 fully saturated rings. The molecular weight excluding hydrogens is 401 g/mol. The highest BCUT2D eigenvalue weighted by Crippen LogP contribution is 2.36. The van der Waals surface area contributed by atoms with Crippen molar-refractivity contribution in [3.05, 3.63) is 23.0 Å². The molecule has 7 heteroatoms. The maximum atomic E-state index is 14.2. The van der Waals surface area contributed by atoms with Gasteiger partial charge in [-0.15, -0.1) is 11.8 Å². The van der Waals surface area contributed by atoms with Gasteiger partial charge in [-0.1, -0.05) is 44.7 Å². The highest BCUT2D eigenvalue weighted by Gasteiger charge is 2.26. The van der Waals surface area contributed by atoms with Crippen LogP contribution in [0.4, 0.5) is 10.1 Å². The fourth-order valence-corrected chi connectivity index (χ4v) is 3.92. The molecule has 1 rings (SSSR count). The number of nitrogens with one attached hydrogen (secondary N) is 1. The van der Waals surface area contributed by atoms with E-state index in [1.165, 1.54) is 23.9 Å². The van der Waals surface area contributed by atoms with Gasteiger partial charge in [0.05, 0.1) is 10.7 Å². The van der Waals surface area contributed by atoms with Gasteiger partial charge in [-0.2, -0.15) is 0 Å². The van der Waals surface area contributed by atoms with Gasteiger partial charge in [0.1, 0.15) is 16.7 Å². The maximum Gasteiger partial charge on any atom is 0.319 e. The van der Waals surface area contributed by atoms with Gasteiger partial charge in [0.15, 0.2) is 0 Å². The van der Waals surface area contributed by atoms with E-state index in [1.807, 2.05) is 27.7 Å². The molecule has 1 aromatic carbocycles. The lowest BCUT2D eigenvalue weighted by molar-refractivity contribution is -0.154. The predicted molar refractivity (Wildman–Crippen MR) is 115 cm³/mol. The molecule has 28 heavy (non-hydrogen) atoms. The van der Waals surface area contributed by atoms with Crippen LogP contribution in [0.25, 0.3) is 0 Å². The van der Waals surface area contributed by atoms with Crippen LogP contribution in [0.5, 0.6) is 0 Å². The first-order valence-electron chi connectivity index (χ1n) is 9.75. The Morgan fingerprint density at radius 1 is 1.21 bits per heavy atom. The van der Waals surface area contributed by atoms with E-state index >= 15 is 0 Å². The molecule has 0 radical (unpaired) electrons. The highest BCUT2D eigenvalue weighted by molar-refractivity contribution is 8.00. The van der Waals surface area contributed by atoms with Gasteiger partial charge in [0.25, 0.3) is 0 Å². The Morgan fingerprint density at radius 3 is 2.46 bits per heavy atom. The molecule has 0 aliphatic carbocycles. The largest absolute Gasteiger partial charge is 0.459 e. The van der Waals surface area contributed by atoms with E-state index in [-0.39, 0.29) is 22.6 Å². The molecule has 0 aliphatic rings. The molecule has 158 valence electrons. The van der Waals surface area contributed by atoms with Crippen LogP contribution in [0.2, 0.25) is 5.02 Å². The molecule has 1 unspecified atom stereocenters. The van der Waals surface area contributed by atoms with E-state index in [4.69, 9.17) is 16.3 Å². The molecule has 1 amide bonds. The van der Waals surface area contributed by atoms with Gasteiger partial charge in [-0.05, 0) is 45.7 Å². The summed E-state index contributed by atoms with van der Waals surface area (Å²) in [7, 11) is 0. The van der Waals surface area contributed by atoms with E-state index < -0.39 is 16.7 Å². The highest BCUT2D eigenvalue weighted by atomic mass is 35.5. The Morgan fingerprint density at radius 2 is 1.89 bits per heavy atom. The molecule has 1 aromatic rings. The number of hydrogen-bond acceptors (Lipinski definition) is 4. The fraction of sp³-hybridized carbons (Fsp3) is 0.619. The standard InChI is InChI=1S/C21H31ClFNO3S/c1-6-8-9-11-19(25)24-16-13-18(14(22)12-15(16)23)28-17(10-7-2)20(26)27-21(3,4)5/h12-13,17H,6-11H2,1-5H3,(H,24,25). The zero-order valence-electron chi connectivity index (χ0n) is 17.4. The first kappa shape index (κ1) is 24.8. The van der Waals surface area contributed by atoms with Gasteiger partial charge in [-0.25, -0.2) is 4.39 Å². The van der Waals surface area contributed by atoms with Crippen molar-refractivity contribution in [1.29, 1.82) is 0 Å². The molecule has 0 heterocycles. The van der Waals surface area contributed by atoms with Gasteiger partial charge in [0.2, 0.25) is 5.91 Å². The molecule has 1 atom stereocenters. The second-order valence-corrected chi connectivity index (χ2v) is 9.35. The lowest BCUT2D eigenvalue weighted by Gasteiger charge is -2.24. The number of ether oxygens (including phenoxy) is 1. The first-order chi connectivity index (χ1) is 13.1. The zero-order chi connectivity index (χ0) is 21.3. The number of carbonyl (C=O) groups excluding carboxylic acids is 2. The van der Waals surface area contributed by atoms with Gasteiger partial charge in [-0.3, -0.25) is 9.59 Å². The molecule has 4 nitrogen and oxygen atoms in total. The fourth-order valence-electron chi connectivity index (χ4n) is 2.47. The summed E-state index contributed by atoms with van der Waals surface area (Å²) >= 11 is 7.43. The van der Waals surface area contributed by atoms with Crippen LogP contribution in [0.3, 0.4) is 0 Å². The number of benzene rings is 1. The first-order valence-corrected chi connectivity index (χ1v) is 11.0. The number of unbranched alkanes of at least 4 members (excludes halogenated alkanes) is 2. The van der Waals surface area contributed by atoms with Crippen LogP contribution in [0.15, 0.2) is 17.0 Å². The van der Waals surface area contributed by atoms with E-state index in [9.17, 15) is 14.0 Å². The van der Waals surface area contributed by atoms with Gasteiger partial charge in [0, 0.05) is 11.3 Å². The topological polar surface area (TPSA) is 55.4 Å². The Balaban J connectivity index is 2.96. The Kier molecular flexibility index (Phi) is 10.3. The average molecular weight is 432 g/mol. The second-order valence-electron chi connectivity index (χ2n) is 7.70. The minimum atomic E-state index is -0.595. The molecule has 0 spiro atoms. The normalized spacial score (nSPS) is 12.5. The Bertz CT molecular complexity index is 676. The van der Waals surface area contributed by atoms with Crippen LogP contribution in [0.1, 0.15) is 73.1 Å². The summed E-state index contributed by atoms with van der Waals surface area (Å²) in [5, 5.41) is 2.35. The number of hydrogen-bond donors (Lipinski definition) is 1. The summed E-state index contributed by atoms with van der Waals surface area (Å²) in [6.45, 7) is 9.48. The summed E-state index contributed by atoms with van der Waals surface area (Å²) in [5.41, 5.74) is -0.513. The van der Waals surface area contributed by atoms with E-state index in [1.54, 1.807) is 0 Å². The van der Waals surface area contributed by atoms with E-state index in [2.05, 4.69) is 12.2 Å². The SMILES string of the molecule is CCCCCC(=O)Nc1cc(SC(CCC)C(=O)OC(C)(C)C)c(Cl)cc1F. The zero-order valence-corrected chi connectivity index (χ0v) is 18.9. The van der Waals surface area contributed by atoms with E-state index in [0.717, 1.165) is 25.7 Å². The minimum Gasteiger partial charge on any atom is -0.459 e. The van der Waals surface area contributed by atoms with Crippen molar-refractivity contribution >= 4 is 40.9 Å². The smallest absolute Gasteiger partial charge is 0.319 e. The van der Waals surface area contributed by atoms with Crippen LogP contribution in [0, 0.1) is 5.82 Å². The van der Waals surface area contributed by atoms with E-state index in [0.29, 0.717) is 17.7 Å². The molecule has 0 bridgehead atoms. The molecule has 0 saturated heterocycles. The third kappa shape index (κ3) is 8.82. The third-order valence-electron chi connectivity index (χ3n) is 3.79. The van der Waals surface area contributed by atoms with Crippen molar-refractivity contribution in [2.24, 2.45) is 0 Å². The number of amides is 1. The lowest BCUT2D eigenvalue weighted by atomic mass is 10.2. The summed E-state index contributed by atoms with van der Waals surface area (Å²) in [5.74, 6) is -1.16. The number of thioether (sulfide) groups is 1. The monoisotopic (exact) mass is 431 g/mol. The van der Waals surface area contributed by atoms with Crippen LogP contribution < -0.4 is 5.32 Å². The number of anilines is 1. The summed E-state index contributed by atoms with van der Waals surface area (Å²) in [6.07, 6.45) is 4.45. The number of carbonyl (C=O) groups is 2. The van der Waals surface area contributed by atoms with Crippen molar-refractivity contribution in [2.45, 2.75) is 88.9 Å². The number of rotatable bonds is 10. The molecule has 0 aromatic heterocycles. The quantitative estimate of drug-likeness (QED) is 0.257. The molecule has 0 saturated carbocycles. The minimum absolute atomic E-state index is 0.0767. The van der Waals surface area contributed by atoms with Crippen molar-refractivity contribution in [3.8, 4) is 0 Å². The summed E-state index contributed by atoms with van der Waals surface area (Å²) in [6, 6.07) is 2.66. The van der Waals surface area contributed by atoms with Gasteiger partial charge >= 0.3 is 5.97 Å². The van der Waals surface area contributed by atoms with Crippen LogP contribution in [-0.4, -0.2) is 22.7 Å². The second kappa shape index (κ2) is 11.7. The number of halogens is 2. The summed E-state index contributed by atoms with van der Waals surface area (Å²) in [4.78, 5) is 25.1. The van der Waals surface area contributed by atoms with Crippen molar-refractivity contribution in [1.82, 2.24) is 0 Å². The number of esters is 1. The predicted octanol–water partition coefficient (Wildman–Crippen LogP) is 6.60. The van der Waals surface area contributed by atoms with Crippen molar-refractivity contribution in [2.75, 3.05) is 5.32 Å². The van der Waals surface area contributed by atoms with Crippen LogP contribution >= 0.6 is 23.4 Å².